The van der Waals surface area contributed by atoms with Crippen molar-refractivity contribution in [2.45, 2.75) is 12.6 Å². The van der Waals surface area contributed by atoms with Crippen LogP contribution in [0, 0.1) is 0 Å². The summed E-state index contributed by atoms with van der Waals surface area (Å²) in [6, 6.07) is -1.08. The van der Waals surface area contributed by atoms with Crippen molar-refractivity contribution in [1.29, 1.82) is 0 Å². The molecule has 1 heterocycles. The van der Waals surface area contributed by atoms with Gasteiger partial charge >= 0.3 is 5.97 Å². The number of aliphatic hydroxyl groups is 1. The van der Waals surface area contributed by atoms with Gasteiger partial charge in [-0.05, 0) is 10.4 Å². The smallest absolute Gasteiger partial charge is 0.330 e. The summed E-state index contributed by atoms with van der Waals surface area (Å²) >= 11 is 0. The number of tetrazole rings is 1. The second-order valence-electron chi connectivity index (χ2n) is 2.83. The first-order chi connectivity index (χ1) is 7.67. The molecule has 9 heteroatoms. The van der Waals surface area contributed by atoms with Gasteiger partial charge in [0.05, 0.1) is 13.7 Å². The van der Waals surface area contributed by atoms with E-state index in [0.717, 1.165) is 0 Å². The molecule has 0 saturated heterocycles. The quantitative estimate of drug-likeness (QED) is 0.528. The third-order valence-corrected chi connectivity index (χ3v) is 1.70. The van der Waals surface area contributed by atoms with Crippen LogP contribution < -0.4 is 5.32 Å². The number of carbonyl (C=O) groups excluding carboxylic acids is 2. The van der Waals surface area contributed by atoms with E-state index in [9.17, 15) is 9.59 Å². The molecule has 16 heavy (non-hydrogen) atoms. The number of esters is 1. The summed E-state index contributed by atoms with van der Waals surface area (Å²) < 4.78 is 5.56. The van der Waals surface area contributed by atoms with Crippen LogP contribution in [0.15, 0.2) is 6.33 Å². The lowest BCUT2D eigenvalue weighted by Gasteiger charge is -2.13. The number of amides is 1. The van der Waals surface area contributed by atoms with Gasteiger partial charge in [0.15, 0.2) is 6.04 Å². The lowest BCUT2D eigenvalue weighted by Crippen LogP contribution is -2.45. The summed E-state index contributed by atoms with van der Waals surface area (Å²) in [5, 5.41) is 21.3. The molecule has 0 aliphatic heterocycles. The van der Waals surface area contributed by atoms with Crippen LogP contribution in [0.25, 0.3) is 0 Å². The number of ether oxygens (including phenoxy) is 1. The highest BCUT2D eigenvalue weighted by molar-refractivity contribution is 5.84. The number of aromatic nitrogens is 4. The first-order valence-electron chi connectivity index (χ1n) is 4.36. The van der Waals surface area contributed by atoms with Crippen molar-refractivity contribution in [3.8, 4) is 0 Å². The topological polar surface area (TPSA) is 119 Å². The minimum atomic E-state index is -1.08. The third-order valence-electron chi connectivity index (χ3n) is 1.70. The molecule has 0 aliphatic rings. The van der Waals surface area contributed by atoms with Crippen LogP contribution in [0.1, 0.15) is 0 Å². The van der Waals surface area contributed by atoms with E-state index in [1.165, 1.54) is 18.1 Å². The van der Waals surface area contributed by atoms with Crippen LogP contribution in [0.2, 0.25) is 0 Å². The van der Waals surface area contributed by atoms with E-state index < -0.39 is 24.5 Å². The monoisotopic (exact) mass is 229 g/mol. The fourth-order valence-electron chi connectivity index (χ4n) is 0.961. The van der Waals surface area contributed by atoms with E-state index >= 15 is 0 Å². The van der Waals surface area contributed by atoms with E-state index in [1.807, 2.05) is 0 Å². The number of methoxy groups -OCH3 is 1. The van der Waals surface area contributed by atoms with Crippen molar-refractivity contribution in [2.24, 2.45) is 0 Å². The Morgan fingerprint density at radius 3 is 2.88 bits per heavy atom. The Morgan fingerprint density at radius 2 is 2.38 bits per heavy atom. The van der Waals surface area contributed by atoms with Crippen LogP contribution in [-0.4, -0.2) is 56.9 Å². The molecule has 1 unspecified atom stereocenters. The van der Waals surface area contributed by atoms with E-state index in [1.54, 1.807) is 0 Å². The second kappa shape index (κ2) is 5.75. The number of hydrogen-bond donors (Lipinski definition) is 2. The zero-order valence-corrected chi connectivity index (χ0v) is 8.53. The van der Waals surface area contributed by atoms with Crippen LogP contribution >= 0.6 is 0 Å². The van der Waals surface area contributed by atoms with Gasteiger partial charge in [0, 0.05) is 0 Å². The van der Waals surface area contributed by atoms with Crippen molar-refractivity contribution in [3.63, 3.8) is 0 Å². The summed E-state index contributed by atoms with van der Waals surface area (Å²) in [7, 11) is 1.17. The summed E-state index contributed by atoms with van der Waals surface area (Å²) in [4.78, 5) is 22.4. The van der Waals surface area contributed by atoms with Crippen LogP contribution in [0.5, 0.6) is 0 Å². The summed E-state index contributed by atoms with van der Waals surface area (Å²) in [5.74, 6) is -1.22. The molecule has 0 fully saturated rings. The summed E-state index contributed by atoms with van der Waals surface area (Å²) in [6.07, 6.45) is 1.26. The first-order valence-corrected chi connectivity index (χ1v) is 4.36. The van der Waals surface area contributed by atoms with Gasteiger partial charge in [-0.15, -0.1) is 5.10 Å². The molecule has 0 aromatic carbocycles. The molecule has 88 valence electrons. The Morgan fingerprint density at radius 1 is 1.62 bits per heavy atom. The molecule has 1 aromatic heterocycles. The second-order valence-corrected chi connectivity index (χ2v) is 2.83. The molecule has 2 N–H and O–H groups in total. The molecule has 1 aromatic rings. The van der Waals surface area contributed by atoms with Crippen molar-refractivity contribution in [2.75, 3.05) is 13.7 Å². The van der Waals surface area contributed by atoms with Gasteiger partial charge in [0.1, 0.15) is 12.9 Å². The van der Waals surface area contributed by atoms with Crippen LogP contribution in [0.4, 0.5) is 0 Å². The molecule has 1 amide bonds. The standard InChI is InChI=1S/C7H11N5O4/c1-16-7(15)5(3-13)9-6(14)2-12-4-8-10-11-12/h4-5,13H,2-3H2,1H3,(H,9,14). The molecule has 1 rings (SSSR count). The highest BCUT2D eigenvalue weighted by atomic mass is 16.5. The minimum absolute atomic E-state index is 0.138. The first kappa shape index (κ1) is 12.0. The molecule has 0 saturated carbocycles. The van der Waals surface area contributed by atoms with Crippen LogP contribution in [-0.2, 0) is 20.9 Å². The van der Waals surface area contributed by atoms with E-state index in [-0.39, 0.29) is 6.54 Å². The summed E-state index contributed by atoms with van der Waals surface area (Å²) in [5.41, 5.74) is 0. The maximum atomic E-state index is 11.4. The number of nitrogens with one attached hydrogen (secondary N) is 1. The van der Waals surface area contributed by atoms with E-state index in [2.05, 4.69) is 25.6 Å². The van der Waals surface area contributed by atoms with Gasteiger partial charge in [-0.3, -0.25) is 4.79 Å². The molecule has 9 nitrogen and oxygen atoms in total. The Kier molecular flexibility index (Phi) is 4.33. The molecule has 0 bridgehead atoms. The Hall–Kier alpha value is -2.03. The predicted octanol–water partition coefficient (Wildman–Crippen LogP) is -2.68. The van der Waals surface area contributed by atoms with E-state index in [4.69, 9.17) is 5.11 Å². The van der Waals surface area contributed by atoms with Crippen molar-refractivity contribution < 1.29 is 19.4 Å². The largest absolute Gasteiger partial charge is 0.467 e. The van der Waals surface area contributed by atoms with Gasteiger partial charge in [-0.1, -0.05) is 0 Å². The highest BCUT2D eigenvalue weighted by Crippen LogP contribution is 1.88. The Balaban J connectivity index is 2.46. The van der Waals surface area contributed by atoms with Gasteiger partial charge in [0.2, 0.25) is 5.91 Å². The van der Waals surface area contributed by atoms with Crippen molar-refractivity contribution in [3.05, 3.63) is 6.33 Å². The van der Waals surface area contributed by atoms with Gasteiger partial charge < -0.3 is 15.2 Å². The van der Waals surface area contributed by atoms with Gasteiger partial charge in [0.25, 0.3) is 0 Å². The van der Waals surface area contributed by atoms with Crippen LogP contribution in [0.3, 0.4) is 0 Å². The zero-order chi connectivity index (χ0) is 12.0. The normalized spacial score (nSPS) is 11.9. The fraction of sp³-hybridized carbons (Fsp3) is 0.571. The molecule has 1 atom stereocenters. The number of rotatable bonds is 5. The zero-order valence-electron chi connectivity index (χ0n) is 8.53. The minimum Gasteiger partial charge on any atom is -0.467 e. The molecular formula is C7H11N5O4. The molecule has 0 aliphatic carbocycles. The number of hydrogen-bond acceptors (Lipinski definition) is 7. The maximum absolute atomic E-state index is 11.4. The number of nitrogens with zero attached hydrogens (tertiary/aromatic N) is 4. The average Bonchev–Trinajstić information content (AvgIpc) is 2.77. The van der Waals surface area contributed by atoms with Gasteiger partial charge in [-0.25, -0.2) is 9.48 Å². The lowest BCUT2D eigenvalue weighted by atomic mass is 10.3. The Labute approximate surface area is 90.4 Å². The third kappa shape index (κ3) is 3.28. The SMILES string of the molecule is COC(=O)C(CO)NC(=O)Cn1cnnn1. The van der Waals surface area contributed by atoms with Crippen molar-refractivity contribution in [1.82, 2.24) is 25.5 Å². The van der Waals surface area contributed by atoms with E-state index in [0.29, 0.717) is 0 Å². The number of aliphatic hydroxyl groups excluding tert-OH is 1. The fourth-order valence-corrected chi connectivity index (χ4v) is 0.961. The molecular weight excluding hydrogens is 218 g/mol. The van der Waals surface area contributed by atoms with Gasteiger partial charge in [-0.2, -0.15) is 0 Å². The number of carbonyl (C=O) groups is 2. The summed E-state index contributed by atoms with van der Waals surface area (Å²) in [6.45, 7) is -0.672. The Bertz CT molecular complexity index is 352. The predicted molar refractivity (Wildman–Crippen MR) is 48.8 cm³/mol. The molecule has 0 spiro atoms. The maximum Gasteiger partial charge on any atom is 0.330 e. The molecule has 0 radical (unpaired) electrons. The van der Waals surface area contributed by atoms with Crippen molar-refractivity contribution >= 4 is 11.9 Å². The highest BCUT2D eigenvalue weighted by Gasteiger charge is 2.20. The average molecular weight is 229 g/mol. The lowest BCUT2D eigenvalue weighted by molar-refractivity contribution is -0.146.